The molecule has 0 spiro atoms. The van der Waals surface area contributed by atoms with Gasteiger partial charge in [-0.05, 0) is 44.3 Å². The lowest BCUT2D eigenvalue weighted by Crippen LogP contribution is -2.39. The average molecular weight is 475 g/mol. The monoisotopic (exact) mass is 474 g/mol. The third-order valence-corrected chi connectivity index (χ3v) is 4.64. The normalized spacial score (nSPS) is 11.1. The van der Waals surface area contributed by atoms with E-state index < -0.39 is 0 Å². The van der Waals surface area contributed by atoms with Crippen LogP contribution in [0, 0.1) is 13.8 Å². The topological polar surface area (TPSA) is 106 Å². The first-order chi connectivity index (χ1) is 15.4. The molecule has 2 heterocycles. The van der Waals surface area contributed by atoms with Gasteiger partial charge in [0.2, 0.25) is 11.9 Å². The van der Waals surface area contributed by atoms with E-state index in [1.54, 1.807) is 24.5 Å². The Balaban J connectivity index is 1.80. The third kappa shape index (κ3) is 6.32. The molecule has 168 valence electrons. The molecular weight excluding hydrogens is 452 g/mol. The van der Waals surface area contributed by atoms with E-state index >= 15 is 0 Å². The van der Waals surface area contributed by atoms with Crippen LogP contribution < -0.4 is 25.4 Å². The maximum Gasteiger partial charge on any atom is 0.229 e. The van der Waals surface area contributed by atoms with Gasteiger partial charge >= 0.3 is 0 Å². The second kappa shape index (κ2) is 10.8. The van der Waals surface area contributed by atoms with Crippen LogP contribution in [0.5, 0.6) is 11.5 Å². The first-order valence-electron chi connectivity index (χ1n) is 9.53. The van der Waals surface area contributed by atoms with E-state index in [4.69, 9.17) is 37.7 Å². The molecule has 9 nitrogen and oxygen atoms in total. The summed E-state index contributed by atoms with van der Waals surface area (Å²) in [5.41, 5.74) is 2.22. The standard InChI is InChI=1S/C21H23ClN6O3S/c1-12-8-13(2)25-20(24-12)27-19(23-11-14-6-5-7-31-14)28-21(32)26-16-10-17(29-3)15(22)9-18(16)30-4/h5-10H,11H2,1-4H3,(H3,23,24,25,26,27,28,32). The number of anilines is 2. The predicted molar refractivity (Wildman–Crippen MR) is 129 cm³/mol. The summed E-state index contributed by atoms with van der Waals surface area (Å²) in [7, 11) is 3.07. The Kier molecular flexibility index (Phi) is 7.85. The number of rotatable bonds is 6. The van der Waals surface area contributed by atoms with Gasteiger partial charge in [0, 0.05) is 23.5 Å². The van der Waals surface area contributed by atoms with Crippen LogP contribution >= 0.6 is 23.8 Å². The lowest BCUT2D eigenvalue weighted by Gasteiger charge is -2.17. The Morgan fingerprint density at radius 1 is 1.09 bits per heavy atom. The van der Waals surface area contributed by atoms with Crippen LogP contribution in [-0.2, 0) is 6.54 Å². The van der Waals surface area contributed by atoms with Crippen LogP contribution in [0.3, 0.4) is 0 Å². The minimum Gasteiger partial charge on any atom is -0.495 e. The number of thiocarbonyl (C=S) groups is 1. The smallest absolute Gasteiger partial charge is 0.229 e. The van der Waals surface area contributed by atoms with Gasteiger partial charge in [0.15, 0.2) is 5.11 Å². The molecule has 3 aromatic rings. The Morgan fingerprint density at radius 2 is 1.81 bits per heavy atom. The lowest BCUT2D eigenvalue weighted by atomic mass is 10.2. The van der Waals surface area contributed by atoms with Crippen LogP contribution in [0.25, 0.3) is 0 Å². The summed E-state index contributed by atoms with van der Waals surface area (Å²) >= 11 is 11.7. The number of nitrogens with one attached hydrogen (secondary N) is 3. The molecule has 0 aliphatic carbocycles. The van der Waals surface area contributed by atoms with Crippen LogP contribution in [-0.4, -0.2) is 35.3 Å². The highest BCUT2D eigenvalue weighted by molar-refractivity contribution is 7.80. The number of aromatic nitrogens is 2. The van der Waals surface area contributed by atoms with Crippen LogP contribution in [0.4, 0.5) is 11.6 Å². The molecule has 0 bridgehead atoms. The minimum atomic E-state index is 0.253. The summed E-state index contributed by atoms with van der Waals surface area (Å²) < 4.78 is 16.0. The molecule has 0 atom stereocenters. The van der Waals surface area contributed by atoms with Crippen molar-refractivity contribution in [1.29, 1.82) is 0 Å². The van der Waals surface area contributed by atoms with Crippen LogP contribution in [0.15, 0.2) is 46.0 Å². The quantitative estimate of drug-likeness (QED) is 0.273. The van der Waals surface area contributed by atoms with E-state index in [0.29, 0.717) is 39.9 Å². The number of benzene rings is 1. The Labute approximate surface area is 196 Å². The van der Waals surface area contributed by atoms with Crippen molar-refractivity contribution in [3.8, 4) is 11.5 Å². The molecule has 0 saturated carbocycles. The second-order valence-electron chi connectivity index (χ2n) is 6.61. The van der Waals surface area contributed by atoms with E-state index in [1.165, 1.54) is 14.2 Å². The van der Waals surface area contributed by atoms with Crippen LogP contribution in [0.2, 0.25) is 5.02 Å². The first kappa shape index (κ1) is 23.3. The number of nitrogens with zero attached hydrogens (tertiary/aromatic N) is 3. The molecule has 0 radical (unpaired) electrons. The van der Waals surface area contributed by atoms with Crippen molar-refractivity contribution in [3.63, 3.8) is 0 Å². The highest BCUT2D eigenvalue weighted by atomic mass is 35.5. The van der Waals surface area contributed by atoms with Crippen LogP contribution in [0.1, 0.15) is 17.1 Å². The summed E-state index contributed by atoms with van der Waals surface area (Å²) in [6, 6.07) is 8.83. The Morgan fingerprint density at radius 3 is 2.44 bits per heavy atom. The van der Waals surface area contributed by atoms with Gasteiger partial charge in [-0.3, -0.25) is 5.32 Å². The second-order valence-corrected chi connectivity index (χ2v) is 7.43. The summed E-state index contributed by atoms with van der Waals surface area (Å²) in [5, 5.41) is 9.84. The van der Waals surface area contributed by atoms with Gasteiger partial charge < -0.3 is 24.5 Å². The van der Waals surface area contributed by atoms with Crippen molar-refractivity contribution < 1.29 is 13.9 Å². The zero-order valence-electron chi connectivity index (χ0n) is 18.0. The number of aryl methyl sites for hydroxylation is 2. The average Bonchev–Trinajstić information content (AvgIpc) is 3.26. The van der Waals surface area contributed by atoms with Gasteiger partial charge in [0.25, 0.3) is 0 Å². The SMILES string of the molecule is COc1cc(NC(=S)NC(=NCc2ccco2)Nc2nc(C)cc(C)n2)c(OC)cc1Cl. The first-order valence-corrected chi connectivity index (χ1v) is 10.3. The number of hydrogen-bond donors (Lipinski definition) is 3. The Bertz CT molecular complexity index is 1100. The zero-order valence-corrected chi connectivity index (χ0v) is 19.6. The minimum absolute atomic E-state index is 0.253. The maximum absolute atomic E-state index is 6.17. The molecule has 0 saturated heterocycles. The van der Waals surface area contributed by atoms with Gasteiger partial charge in [-0.2, -0.15) is 0 Å². The largest absolute Gasteiger partial charge is 0.495 e. The number of furan rings is 1. The van der Waals surface area contributed by atoms with E-state index in [1.807, 2.05) is 26.0 Å². The number of methoxy groups -OCH3 is 2. The third-order valence-electron chi connectivity index (χ3n) is 4.14. The van der Waals surface area contributed by atoms with Gasteiger partial charge in [-0.1, -0.05) is 11.6 Å². The fourth-order valence-electron chi connectivity index (χ4n) is 2.78. The fourth-order valence-corrected chi connectivity index (χ4v) is 3.21. The zero-order chi connectivity index (χ0) is 23.1. The molecular formula is C21H23ClN6O3S. The lowest BCUT2D eigenvalue weighted by molar-refractivity contribution is 0.405. The number of ether oxygens (including phenoxy) is 2. The van der Waals surface area contributed by atoms with E-state index in [2.05, 4.69) is 30.9 Å². The highest BCUT2D eigenvalue weighted by Gasteiger charge is 2.13. The van der Waals surface area contributed by atoms with Crippen molar-refractivity contribution >= 4 is 46.5 Å². The number of guanidine groups is 1. The number of halogens is 1. The number of aliphatic imine (C=N–C) groups is 1. The molecule has 2 aromatic heterocycles. The van der Waals surface area contributed by atoms with Gasteiger partial charge in [-0.15, -0.1) is 0 Å². The molecule has 0 aliphatic rings. The molecule has 32 heavy (non-hydrogen) atoms. The predicted octanol–water partition coefficient (Wildman–Crippen LogP) is 4.31. The number of hydrogen-bond acceptors (Lipinski definition) is 7. The molecule has 0 unspecified atom stereocenters. The fraction of sp³-hybridized carbons (Fsp3) is 0.238. The van der Waals surface area contributed by atoms with Crippen molar-refractivity contribution in [3.05, 3.63) is 58.8 Å². The van der Waals surface area contributed by atoms with Crippen molar-refractivity contribution in [1.82, 2.24) is 15.3 Å². The van der Waals surface area contributed by atoms with Gasteiger partial charge in [0.05, 0.1) is 31.2 Å². The molecule has 0 fully saturated rings. The molecule has 3 N–H and O–H groups in total. The maximum atomic E-state index is 6.17. The van der Waals surface area contributed by atoms with Crippen molar-refractivity contribution in [2.24, 2.45) is 4.99 Å². The molecule has 1 aromatic carbocycles. The van der Waals surface area contributed by atoms with E-state index in [-0.39, 0.29) is 11.7 Å². The summed E-state index contributed by atoms with van der Waals surface area (Å²) in [6.45, 7) is 4.06. The molecule has 3 rings (SSSR count). The summed E-state index contributed by atoms with van der Waals surface area (Å²) in [6.07, 6.45) is 1.59. The Hall–Kier alpha value is -3.37. The highest BCUT2D eigenvalue weighted by Crippen LogP contribution is 2.35. The molecule has 11 heteroatoms. The molecule has 0 amide bonds. The summed E-state index contributed by atoms with van der Waals surface area (Å²) in [5.74, 6) is 2.40. The van der Waals surface area contributed by atoms with Crippen molar-refractivity contribution in [2.45, 2.75) is 20.4 Å². The summed E-state index contributed by atoms with van der Waals surface area (Å²) in [4.78, 5) is 13.3. The van der Waals surface area contributed by atoms with E-state index in [0.717, 1.165) is 11.4 Å². The van der Waals surface area contributed by atoms with Gasteiger partial charge in [0.1, 0.15) is 23.8 Å². The molecule has 0 aliphatic heterocycles. The van der Waals surface area contributed by atoms with Crippen molar-refractivity contribution in [2.75, 3.05) is 24.9 Å². The van der Waals surface area contributed by atoms with Gasteiger partial charge in [-0.25, -0.2) is 15.0 Å². The van der Waals surface area contributed by atoms with E-state index in [9.17, 15) is 0 Å².